The molecule has 0 aromatic carbocycles. The second kappa shape index (κ2) is 3.89. The summed E-state index contributed by atoms with van der Waals surface area (Å²) in [4.78, 5) is 19.9. The molecule has 0 radical (unpaired) electrons. The number of H-pyrrole nitrogens is 1. The standard InChI is InChI=1S/C11H8BrN5/c1-6-2-7(12)3-14-9(6)11-16-8-4-13-5-15-10(8)17-11/h2-5H,1H3,(H,13,15,16,17). The van der Waals surface area contributed by atoms with Gasteiger partial charge in [0.25, 0.3) is 0 Å². The smallest absolute Gasteiger partial charge is 0.181 e. The third-order valence-electron chi connectivity index (χ3n) is 2.43. The van der Waals surface area contributed by atoms with Gasteiger partial charge in [-0.3, -0.25) is 4.98 Å². The van der Waals surface area contributed by atoms with Crippen molar-refractivity contribution < 1.29 is 0 Å². The zero-order valence-corrected chi connectivity index (χ0v) is 10.6. The van der Waals surface area contributed by atoms with Gasteiger partial charge in [-0.2, -0.15) is 0 Å². The number of rotatable bonds is 1. The number of nitrogens with one attached hydrogen (secondary N) is 1. The van der Waals surface area contributed by atoms with Crippen molar-refractivity contribution in [3.63, 3.8) is 0 Å². The van der Waals surface area contributed by atoms with E-state index < -0.39 is 0 Å². The summed E-state index contributed by atoms with van der Waals surface area (Å²) in [6.07, 6.45) is 4.93. The summed E-state index contributed by atoms with van der Waals surface area (Å²) in [5.41, 5.74) is 3.34. The fourth-order valence-corrected chi connectivity index (χ4v) is 2.11. The van der Waals surface area contributed by atoms with Crippen molar-refractivity contribution in [3.05, 3.63) is 34.8 Å². The summed E-state index contributed by atoms with van der Waals surface area (Å²) in [5, 5.41) is 0. The van der Waals surface area contributed by atoms with E-state index in [2.05, 4.69) is 40.8 Å². The van der Waals surface area contributed by atoms with Gasteiger partial charge in [-0.25, -0.2) is 15.0 Å². The fourth-order valence-electron chi connectivity index (χ4n) is 1.66. The molecule has 0 bridgehead atoms. The van der Waals surface area contributed by atoms with Crippen LogP contribution in [0.1, 0.15) is 5.56 Å². The van der Waals surface area contributed by atoms with Gasteiger partial charge in [0.2, 0.25) is 0 Å². The first-order valence-electron chi connectivity index (χ1n) is 5.02. The molecule has 17 heavy (non-hydrogen) atoms. The number of aromatic nitrogens is 5. The van der Waals surface area contributed by atoms with Crippen LogP contribution in [0.2, 0.25) is 0 Å². The van der Waals surface area contributed by atoms with Gasteiger partial charge < -0.3 is 4.98 Å². The summed E-state index contributed by atoms with van der Waals surface area (Å²) in [6.45, 7) is 1.99. The van der Waals surface area contributed by atoms with Gasteiger partial charge in [-0.1, -0.05) is 0 Å². The van der Waals surface area contributed by atoms with E-state index in [4.69, 9.17) is 0 Å². The van der Waals surface area contributed by atoms with E-state index in [1.807, 2.05) is 13.0 Å². The molecule has 0 aliphatic heterocycles. The summed E-state index contributed by atoms with van der Waals surface area (Å²) in [7, 11) is 0. The SMILES string of the molecule is Cc1cc(Br)cnc1-c1nc2ncncc2[nH]1. The average Bonchev–Trinajstić information content (AvgIpc) is 2.72. The first-order valence-corrected chi connectivity index (χ1v) is 5.81. The Morgan fingerprint density at radius 3 is 2.88 bits per heavy atom. The van der Waals surface area contributed by atoms with Crippen molar-refractivity contribution in [3.8, 4) is 11.5 Å². The molecule has 6 heteroatoms. The average molecular weight is 290 g/mol. The van der Waals surface area contributed by atoms with E-state index in [1.54, 1.807) is 12.4 Å². The Hall–Kier alpha value is -1.82. The fraction of sp³-hybridized carbons (Fsp3) is 0.0909. The Kier molecular flexibility index (Phi) is 2.36. The summed E-state index contributed by atoms with van der Waals surface area (Å²) >= 11 is 3.39. The lowest BCUT2D eigenvalue weighted by Crippen LogP contribution is -1.89. The third-order valence-corrected chi connectivity index (χ3v) is 2.86. The summed E-state index contributed by atoms with van der Waals surface area (Å²) in [6, 6.07) is 2.00. The molecule has 0 fully saturated rings. The minimum Gasteiger partial charge on any atom is -0.334 e. The van der Waals surface area contributed by atoms with Gasteiger partial charge in [-0.05, 0) is 34.5 Å². The Labute approximate surface area is 105 Å². The minimum absolute atomic E-state index is 0.652. The Balaban J connectivity index is 2.20. The van der Waals surface area contributed by atoms with Gasteiger partial charge in [0.05, 0.1) is 6.20 Å². The quantitative estimate of drug-likeness (QED) is 0.747. The molecular weight excluding hydrogens is 282 g/mol. The molecule has 1 N–H and O–H groups in total. The lowest BCUT2D eigenvalue weighted by molar-refractivity contribution is 1.18. The molecule has 3 aromatic rings. The Morgan fingerprint density at radius 1 is 1.24 bits per heavy atom. The maximum atomic E-state index is 4.39. The molecule has 0 amide bonds. The number of halogens is 1. The van der Waals surface area contributed by atoms with Crippen LogP contribution in [-0.2, 0) is 0 Å². The molecule has 0 aliphatic carbocycles. The topological polar surface area (TPSA) is 67.3 Å². The first-order chi connectivity index (χ1) is 8.24. The predicted molar refractivity (Wildman–Crippen MR) is 67.4 cm³/mol. The monoisotopic (exact) mass is 289 g/mol. The van der Waals surface area contributed by atoms with E-state index in [9.17, 15) is 0 Å². The minimum atomic E-state index is 0.652. The number of imidazole rings is 1. The first kappa shape index (κ1) is 10.3. The highest BCUT2D eigenvalue weighted by Gasteiger charge is 2.09. The normalized spacial score (nSPS) is 10.9. The van der Waals surface area contributed by atoms with E-state index in [-0.39, 0.29) is 0 Å². The van der Waals surface area contributed by atoms with Gasteiger partial charge in [0, 0.05) is 10.7 Å². The van der Waals surface area contributed by atoms with E-state index >= 15 is 0 Å². The van der Waals surface area contributed by atoms with Crippen LogP contribution in [0.5, 0.6) is 0 Å². The highest BCUT2D eigenvalue weighted by Crippen LogP contribution is 2.22. The van der Waals surface area contributed by atoms with Gasteiger partial charge in [-0.15, -0.1) is 0 Å². The molecule has 0 saturated carbocycles. The number of pyridine rings is 1. The lowest BCUT2D eigenvalue weighted by atomic mass is 10.2. The van der Waals surface area contributed by atoms with Crippen LogP contribution in [0.4, 0.5) is 0 Å². The highest BCUT2D eigenvalue weighted by molar-refractivity contribution is 9.10. The van der Waals surface area contributed by atoms with Crippen molar-refractivity contribution in [2.24, 2.45) is 0 Å². The van der Waals surface area contributed by atoms with Crippen molar-refractivity contribution in [2.45, 2.75) is 6.92 Å². The molecule has 84 valence electrons. The van der Waals surface area contributed by atoms with E-state index in [0.29, 0.717) is 11.5 Å². The lowest BCUT2D eigenvalue weighted by Gasteiger charge is -2.00. The van der Waals surface area contributed by atoms with E-state index in [1.165, 1.54) is 6.33 Å². The summed E-state index contributed by atoms with van der Waals surface area (Å²) < 4.78 is 0.953. The van der Waals surface area contributed by atoms with Crippen LogP contribution >= 0.6 is 15.9 Å². The molecule has 0 saturated heterocycles. The van der Waals surface area contributed by atoms with Crippen molar-refractivity contribution in [2.75, 3.05) is 0 Å². The second-order valence-electron chi connectivity index (χ2n) is 3.66. The third kappa shape index (κ3) is 1.80. The molecule has 0 atom stereocenters. The molecule has 3 rings (SSSR count). The summed E-state index contributed by atoms with van der Waals surface area (Å²) in [5.74, 6) is 0.713. The number of nitrogens with zero attached hydrogens (tertiary/aromatic N) is 4. The predicted octanol–water partition coefficient (Wildman–Crippen LogP) is 2.49. The Bertz CT molecular complexity index is 658. The number of hydrogen-bond acceptors (Lipinski definition) is 4. The number of fused-ring (bicyclic) bond motifs is 1. The largest absolute Gasteiger partial charge is 0.334 e. The maximum Gasteiger partial charge on any atom is 0.181 e. The Morgan fingerprint density at radius 2 is 2.12 bits per heavy atom. The number of hydrogen-bond donors (Lipinski definition) is 1. The molecule has 5 nitrogen and oxygen atoms in total. The number of aromatic amines is 1. The molecule has 3 heterocycles. The maximum absolute atomic E-state index is 4.39. The van der Waals surface area contributed by atoms with Gasteiger partial charge >= 0.3 is 0 Å². The molecular formula is C11H8BrN5. The second-order valence-corrected chi connectivity index (χ2v) is 4.58. The van der Waals surface area contributed by atoms with Crippen molar-refractivity contribution in [1.29, 1.82) is 0 Å². The van der Waals surface area contributed by atoms with Gasteiger partial charge in [0.1, 0.15) is 17.5 Å². The van der Waals surface area contributed by atoms with Crippen LogP contribution in [0.15, 0.2) is 29.3 Å². The highest BCUT2D eigenvalue weighted by atomic mass is 79.9. The molecule has 0 aliphatic rings. The molecule has 0 spiro atoms. The van der Waals surface area contributed by atoms with Crippen LogP contribution in [0.25, 0.3) is 22.7 Å². The van der Waals surface area contributed by atoms with Crippen molar-refractivity contribution >= 4 is 27.1 Å². The van der Waals surface area contributed by atoms with Crippen LogP contribution < -0.4 is 0 Å². The number of aryl methyl sites for hydroxylation is 1. The molecule has 3 aromatic heterocycles. The van der Waals surface area contributed by atoms with Crippen LogP contribution in [0, 0.1) is 6.92 Å². The van der Waals surface area contributed by atoms with E-state index in [0.717, 1.165) is 21.2 Å². The zero-order valence-electron chi connectivity index (χ0n) is 8.98. The van der Waals surface area contributed by atoms with Crippen LogP contribution in [0.3, 0.4) is 0 Å². The molecule has 0 unspecified atom stereocenters. The van der Waals surface area contributed by atoms with Crippen LogP contribution in [-0.4, -0.2) is 24.9 Å². The van der Waals surface area contributed by atoms with Gasteiger partial charge in [0.15, 0.2) is 11.5 Å². The van der Waals surface area contributed by atoms with Crippen molar-refractivity contribution in [1.82, 2.24) is 24.9 Å². The zero-order chi connectivity index (χ0) is 11.8.